The molecule has 0 fully saturated rings. The second kappa shape index (κ2) is 10.5. The third kappa shape index (κ3) is 5.22. The molecule has 0 bridgehead atoms. The number of Topliss-reactive ketones (excluding diaryl/α,β-unsaturated/α-hetero) is 2. The number of rotatable bonds is 11. The molecule has 6 heteroatoms. The van der Waals surface area contributed by atoms with Gasteiger partial charge in [0.2, 0.25) is 0 Å². The Morgan fingerprint density at radius 3 is 2.53 bits per heavy atom. The zero-order valence-electron chi connectivity index (χ0n) is 20.4. The molecule has 1 N–H and O–H groups in total. The van der Waals surface area contributed by atoms with Gasteiger partial charge in [-0.25, -0.2) is 0 Å². The predicted molar refractivity (Wildman–Crippen MR) is 129 cm³/mol. The maximum absolute atomic E-state index is 13.6. The number of aliphatic hydroxyl groups excluding tert-OH is 1. The summed E-state index contributed by atoms with van der Waals surface area (Å²) in [5.41, 5.74) is -0.868. The fourth-order valence-corrected chi connectivity index (χ4v) is 4.61. The number of aliphatic hydroxyl groups is 1. The molecule has 2 unspecified atom stereocenters. The van der Waals surface area contributed by atoms with Crippen molar-refractivity contribution in [2.45, 2.75) is 78.1 Å². The summed E-state index contributed by atoms with van der Waals surface area (Å²) in [5, 5.41) is 10.0. The van der Waals surface area contributed by atoms with E-state index in [0.29, 0.717) is 17.6 Å². The lowest BCUT2D eigenvalue weighted by atomic mass is 9.64. The van der Waals surface area contributed by atoms with Crippen molar-refractivity contribution in [3.8, 4) is 11.5 Å². The average molecular weight is 467 g/mol. The molecule has 2 aromatic rings. The monoisotopic (exact) mass is 466 g/mol. The van der Waals surface area contributed by atoms with Crippen molar-refractivity contribution in [1.82, 2.24) is 0 Å². The minimum absolute atomic E-state index is 0.0542. The zero-order valence-corrected chi connectivity index (χ0v) is 20.4. The first-order chi connectivity index (χ1) is 16.1. The highest BCUT2D eigenvalue weighted by Crippen LogP contribution is 2.49. The number of ketones is 2. The number of aryl methyl sites for hydroxylation is 1. The van der Waals surface area contributed by atoms with E-state index in [2.05, 4.69) is 12.1 Å². The van der Waals surface area contributed by atoms with Crippen molar-refractivity contribution in [2.75, 3.05) is 0 Å². The minimum atomic E-state index is -1.51. The number of carbonyl (C=O) groups excluding carboxylic acids is 3. The second-order valence-electron chi connectivity index (χ2n) is 9.65. The summed E-state index contributed by atoms with van der Waals surface area (Å²) in [5.74, 6) is 0.249. The van der Waals surface area contributed by atoms with Gasteiger partial charge in [-0.05, 0) is 70.6 Å². The van der Waals surface area contributed by atoms with Crippen molar-refractivity contribution in [3.63, 3.8) is 0 Å². The molecule has 1 aliphatic rings. The quantitative estimate of drug-likeness (QED) is 0.375. The van der Waals surface area contributed by atoms with Crippen molar-refractivity contribution in [2.24, 2.45) is 5.41 Å². The van der Waals surface area contributed by atoms with Gasteiger partial charge >= 0.3 is 0 Å². The van der Waals surface area contributed by atoms with Crippen LogP contribution in [-0.4, -0.2) is 34.7 Å². The topological polar surface area (TPSA) is 89.9 Å². The van der Waals surface area contributed by atoms with E-state index in [9.17, 15) is 19.5 Å². The zero-order chi connectivity index (χ0) is 24.9. The van der Waals surface area contributed by atoms with E-state index in [1.54, 1.807) is 26.0 Å². The van der Waals surface area contributed by atoms with E-state index < -0.39 is 23.4 Å². The van der Waals surface area contributed by atoms with Crippen LogP contribution in [0.25, 0.3) is 0 Å². The van der Waals surface area contributed by atoms with Gasteiger partial charge in [0.1, 0.15) is 34.6 Å². The minimum Gasteiger partial charge on any atom is -0.491 e. The van der Waals surface area contributed by atoms with Crippen LogP contribution in [-0.2, 0) is 22.6 Å². The predicted octanol–water partition coefficient (Wildman–Crippen LogP) is 4.88. The van der Waals surface area contributed by atoms with Gasteiger partial charge in [-0.3, -0.25) is 4.79 Å². The molecular weight excluding hydrogens is 432 g/mol. The molecular formula is C28H34O6. The average Bonchev–Trinajstić information content (AvgIpc) is 2.78. The van der Waals surface area contributed by atoms with Crippen molar-refractivity contribution < 1.29 is 29.0 Å². The molecule has 6 nitrogen and oxygen atoms in total. The number of hydrogen-bond acceptors (Lipinski definition) is 6. The number of fused-ring (bicyclic) bond motifs is 1. The molecule has 34 heavy (non-hydrogen) atoms. The molecule has 2 atom stereocenters. The van der Waals surface area contributed by atoms with E-state index in [4.69, 9.17) is 9.47 Å². The summed E-state index contributed by atoms with van der Waals surface area (Å²) in [6.07, 6.45) is 3.42. The molecule has 0 aromatic heterocycles. The van der Waals surface area contributed by atoms with Gasteiger partial charge < -0.3 is 24.2 Å². The Morgan fingerprint density at radius 2 is 1.91 bits per heavy atom. The van der Waals surface area contributed by atoms with Crippen LogP contribution in [0.5, 0.6) is 11.5 Å². The standard InChI is InChI=1S/C28H34O6/c1-19(31)13-14-28(18-30)26(32)25-22(17-29)15-23(16-24(25)34-27(28,3)4)33-20(2)9-8-12-21-10-6-5-7-11-21/h5-7,10-11,15-16,18,20,29H,8-9,12-14,17H2,1-4H3. The van der Waals surface area contributed by atoms with Gasteiger partial charge in [0.15, 0.2) is 5.78 Å². The Labute approximate surface area is 201 Å². The first-order valence-electron chi connectivity index (χ1n) is 11.8. The molecule has 0 saturated heterocycles. The van der Waals surface area contributed by atoms with Gasteiger partial charge in [0.05, 0.1) is 18.3 Å². The first kappa shape index (κ1) is 25.6. The number of aldehydes is 1. The van der Waals surface area contributed by atoms with Crippen LogP contribution < -0.4 is 9.47 Å². The number of benzene rings is 2. The molecule has 0 amide bonds. The summed E-state index contributed by atoms with van der Waals surface area (Å²) in [6.45, 7) is 6.37. The maximum Gasteiger partial charge on any atom is 0.184 e. The van der Waals surface area contributed by atoms with Gasteiger partial charge in [-0.1, -0.05) is 30.3 Å². The molecule has 3 rings (SSSR count). The Morgan fingerprint density at radius 1 is 1.21 bits per heavy atom. The van der Waals surface area contributed by atoms with Crippen LogP contribution in [0.2, 0.25) is 0 Å². The first-order valence-corrected chi connectivity index (χ1v) is 11.8. The highest BCUT2D eigenvalue weighted by atomic mass is 16.5. The summed E-state index contributed by atoms with van der Waals surface area (Å²) in [4.78, 5) is 37.5. The summed E-state index contributed by atoms with van der Waals surface area (Å²) < 4.78 is 12.3. The van der Waals surface area contributed by atoms with Crippen molar-refractivity contribution in [1.29, 1.82) is 0 Å². The lowest BCUT2D eigenvalue weighted by Gasteiger charge is -2.46. The number of hydrogen-bond donors (Lipinski definition) is 1. The van der Waals surface area contributed by atoms with Gasteiger partial charge in [-0.2, -0.15) is 0 Å². The van der Waals surface area contributed by atoms with Crippen LogP contribution in [0.15, 0.2) is 42.5 Å². The summed E-state index contributed by atoms with van der Waals surface area (Å²) in [7, 11) is 0. The Hall–Kier alpha value is -2.99. The normalized spacial score (nSPS) is 19.6. The molecule has 0 spiro atoms. The third-order valence-corrected chi connectivity index (χ3v) is 6.73. The molecule has 0 radical (unpaired) electrons. The Balaban J connectivity index is 1.81. The highest BCUT2D eigenvalue weighted by Gasteiger charge is 2.57. The van der Waals surface area contributed by atoms with E-state index in [0.717, 1.165) is 19.3 Å². The lowest BCUT2D eigenvalue weighted by molar-refractivity contribution is -0.126. The van der Waals surface area contributed by atoms with E-state index in [1.807, 2.05) is 25.1 Å². The highest BCUT2D eigenvalue weighted by molar-refractivity contribution is 6.13. The van der Waals surface area contributed by atoms with Gasteiger partial charge in [-0.15, -0.1) is 0 Å². The molecule has 0 aliphatic carbocycles. The third-order valence-electron chi connectivity index (χ3n) is 6.73. The van der Waals surface area contributed by atoms with E-state index >= 15 is 0 Å². The smallest absolute Gasteiger partial charge is 0.184 e. The van der Waals surface area contributed by atoms with Gasteiger partial charge in [0.25, 0.3) is 0 Å². The van der Waals surface area contributed by atoms with Crippen molar-refractivity contribution >= 4 is 17.9 Å². The molecule has 0 saturated carbocycles. The van der Waals surface area contributed by atoms with Crippen LogP contribution in [0.3, 0.4) is 0 Å². The van der Waals surface area contributed by atoms with E-state index in [1.165, 1.54) is 12.5 Å². The fourth-order valence-electron chi connectivity index (χ4n) is 4.61. The second-order valence-corrected chi connectivity index (χ2v) is 9.65. The summed E-state index contributed by atoms with van der Waals surface area (Å²) in [6, 6.07) is 13.6. The summed E-state index contributed by atoms with van der Waals surface area (Å²) >= 11 is 0. The van der Waals surface area contributed by atoms with Crippen LogP contribution in [0.4, 0.5) is 0 Å². The fraction of sp³-hybridized carbons (Fsp3) is 0.464. The Kier molecular flexibility index (Phi) is 7.93. The van der Waals surface area contributed by atoms with Gasteiger partial charge in [0, 0.05) is 12.5 Å². The molecule has 2 aromatic carbocycles. The lowest BCUT2D eigenvalue weighted by Crippen LogP contribution is -2.57. The number of ether oxygens (including phenoxy) is 2. The van der Waals surface area contributed by atoms with E-state index in [-0.39, 0.29) is 36.0 Å². The van der Waals surface area contributed by atoms with Crippen molar-refractivity contribution in [3.05, 3.63) is 59.2 Å². The molecule has 1 heterocycles. The SMILES string of the molecule is CC(=O)CCC1(C=O)C(=O)c2c(CO)cc(OC(C)CCCc3ccccc3)cc2OC1(C)C. The van der Waals surface area contributed by atoms with Crippen LogP contribution >= 0.6 is 0 Å². The molecule has 1 aliphatic heterocycles. The van der Waals surface area contributed by atoms with Crippen LogP contribution in [0.1, 0.15) is 74.9 Å². The number of carbonyl (C=O) groups is 3. The van der Waals surface area contributed by atoms with Crippen LogP contribution in [0, 0.1) is 5.41 Å². The largest absolute Gasteiger partial charge is 0.491 e. The molecule has 182 valence electrons. The Bertz CT molecular complexity index is 1040. The maximum atomic E-state index is 13.6.